The highest BCUT2D eigenvalue weighted by molar-refractivity contribution is 5.97. The number of benzene rings is 4. The molecule has 2 aromatic heterocycles. The molecule has 8 rings (SSSR count). The van der Waals surface area contributed by atoms with Crippen LogP contribution in [-0.4, -0.2) is 95.7 Å². The topological polar surface area (TPSA) is 190 Å². The first-order chi connectivity index (χ1) is 37.3. The van der Waals surface area contributed by atoms with Gasteiger partial charge in [-0.05, 0) is 197 Å². The monoisotopic (exact) mass is 1070 g/mol. The molecule has 0 spiro atoms. The maximum absolute atomic E-state index is 13.6. The van der Waals surface area contributed by atoms with E-state index in [1.807, 2.05) is 18.2 Å². The van der Waals surface area contributed by atoms with Crippen molar-refractivity contribution >= 4 is 11.6 Å². The number of aliphatic hydroxyl groups is 4. The van der Waals surface area contributed by atoms with Crippen LogP contribution in [-0.2, 0) is 22.0 Å². The molecule has 3 heterocycles. The van der Waals surface area contributed by atoms with Crippen LogP contribution < -0.4 is 24.3 Å². The smallest absolute Gasteiger partial charge is 0.163 e. The molecule has 416 valence electrons. The van der Waals surface area contributed by atoms with Crippen LogP contribution in [0, 0.1) is 11.6 Å². The number of ketones is 2. The van der Waals surface area contributed by atoms with E-state index in [9.17, 15) is 28.6 Å². The number of aliphatic hydroxyl groups excluding tert-OH is 2. The molecule has 6 aromatic rings. The molecule has 2 aliphatic rings. The second-order valence-electron chi connectivity index (χ2n) is 21.5. The third kappa shape index (κ3) is 14.9. The van der Waals surface area contributed by atoms with E-state index in [-0.39, 0.29) is 86.1 Å². The van der Waals surface area contributed by atoms with E-state index in [1.54, 1.807) is 74.5 Å². The van der Waals surface area contributed by atoms with Crippen molar-refractivity contribution in [3.8, 4) is 45.5 Å². The van der Waals surface area contributed by atoms with Gasteiger partial charge in [0.25, 0.3) is 0 Å². The Morgan fingerprint density at radius 2 is 0.962 bits per heavy atom. The number of hydrogen-bond acceptors (Lipinski definition) is 13. The molecule has 0 bridgehead atoms. The largest absolute Gasteiger partial charge is 0.493 e. The van der Waals surface area contributed by atoms with Gasteiger partial charge in [0.2, 0.25) is 0 Å². The standard InChI is InChI=1S/C32H38FNO5.C31H37FN2O5/c1-31(14-5-4-6-15-31)24-20-26(22-7-10-25(33)11-8-22)34-30(21-24)32(2,37)16-13-27(36)23-9-12-28(39-18-17-35)29(19-23)38-3;1-30(12-14-33-15-13-30)23-19-25(21-4-7-24(32)8-5-21)34-29(20-23)31(2,37)11-10-26(36)22-6-9-27(39-17-16-35)28(18-22)38-3/h7-12,19-21,35,37H,4-6,13-18H2,1-3H3;4-9,18-20,33,35,37H,10-17H2,1-3H3. The summed E-state index contributed by atoms with van der Waals surface area (Å²) in [4.78, 5) is 35.8. The number of nitrogens with zero attached hydrogens (tertiary/aromatic N) is 2. The van der Waals surface area contributed by atoms with Gasteiger partial charge in [-0.1, -0.05) is 33.1 Å². The lowest BCUT2D eigenvalue weighted by molar-refractivity contribution is 0.0395. The summed E-state index contributed by atoms with van der Waals surface area (Å²) in [5.74, 6) is 0.755. The number of halogens is 2. The van der Waals surface area contributed by atoms with Crippen molar-refractivity contribution in [3.05, 3.63) is 154 Å². The van der Waals surface area contributed by atoms with Crippen LogP contribution in [0.1, 0.15) is 142 Å². The molecule has 2 fully saturated rings. The quantitative estimate of drug-likeness (QED) is 0.0404. The summed E-state index contributed by atoms with van der Waals surface area (Å²) < 4.78 is 48.8. The molecule has 0 amide bonds. The number of pyridine rings is 2. The number of carbonyl (C=O) groups excluding carboxylic acids is 2. The van der Waals surface area contributed by atoms with Crippen LogP contribution in [0.4, 0.5) is 8.78 Å². The van der Waals surface area contributed by atoms with Gasteiger partial charge in [0, 0.05) is 35.1 Å². The minimum Gasteiger partial charge on any atom is -0.493 e. The highest BCUT2D eigenvalue weighted by Gasteiger charge is 2.35. The fraction of sp³-hybridized carbons (Fsp3) is 0.429. The number of methoxy groups -OCH3 is 2. The van der Waals surface area contributed by atoms with Crippen molar-refractivity contribution in [2.75, 3.05) is 53.7 Å². The average Bonchev–Trinajstić information content (AvgIpc) is 3.48. The van der Waals surface area contributed by atoms with E-state index in [1.165, 1.54) is 44.9 Å². The van der Waals surface area contributed by atoms with Crippen molar-refractivity contribution in [1.82, 2.24) is 15.3 Å². The molecular formula is C63H75F2N3O10. The number of piperidine rings is 1. The molecule has 1 saturated heterocycles. The normalized spacial score (nSPS) is 16.4. The maximum atomic E-state index is 13.6. The van der Waals surface area contributed by atoms with Crippen molar-refractivity contribution < 1.29 is 57.7 Å². The molecule has 1 aliphatic heterocycles. The molecule has 15 heteroatoms. The van der Waals surface area contributed by atoms with Crippen LogP contribution in [0.15, 0.2) is 109 Å². The fourth-order valence-corrected chi connectivity index (χ4v) is 10.2. The molecule has 4 aromatic carbocycles. The Labute approximate surface area is 457 Å². The molecule has 5 N–H and O–H groups in total. The lowest BCUT2D eigenvalue weighted by Crippen LogP contribution is -2.38. The minimum absolute atomic E-state index is 0.0347. The SMILES string of the molecule is COc1cc(C(=O)CCC(C)(O)c2cc(C3(C)CCCCC3)cc(-c3ccc(F)cc3)n2)ccc1OCCO.COc1cc(C(=O)CCC(C)(O)c2cc(C3(C)CCNCC3)cc(-c3ccc(F)cc3)n2)ccc1OCCO. The number of ether oxygens (including phenoxy) is 4. The predicted molar refractivity (Wildman–Crippen MR) is 297 cm³/mol. The van der Waals surface area contributed by atoms with Gasteiger partial charge in [0.05, 0.1) is 50.2 Å². The van der Waals surface area contributed by atoms with Crippen LogP contribution >= 0.6 is 0 Å². The van der Waals surface area contributed by atoms with E-state index in [0.717, 1.165) is 73.9 Å². The lowest BCUT2D eigenvalue weighted by atomic mass is 9.70. The van der Waals surface area contributed by atoms with Gasteiger partial charge in [-0.25, -0.2) is 18.7 Å². The first-order valence-corrected chi connectivity index (χ1v) is 26.9. The lowest BCUT2D eigenvalue weighted by Gasteiger charge is -2.36. The molecule has 0 radical (unpaired) electrons. The van der Waals surface area contributed by atoms with E-state index in [0.29, 0.717) is 56.9 Å². The molecular weight excluding hydrogens is 997 g/mol. The second kappa shape index (κ2) is 26.4. The number of Topliss-reactive ketones (excluding diaryl/α,β-unsaturated/α-hetero) is 2. The van der Waals surface area contributed by atoms with Crippen LogP contribution in [0.5, 0.6) is 23.0 Å². The maximum Gasteiger partial charge on any atom is 0.163 e. The Balaban J connectivity index is 0.000000226. The molecule has 13 nitrogen and oxygen atoms in total. The minimum atomic E-state index is -1.38. The van der Waals surface area contributed by atoms with E-state index >= 15 is 0 Å². The summed E-state index contributed by atoms with van der Waals surface area (Å²) in [7, 11) is 2.98. The number of rotatable bonds is 22. The van der Waals surface area contributed by atoms with Crippen LogP contribution in [0.2, 0.25) is 0 Å². The first-order valence-electron chi connectivity index (χ1n) is 26.9. The Hall–Kier alpha value is -6.62. The Bertz CT molecular complexity index is 2770. The highest BCUT2D eigenvalue weighted by atomic mass is 19.1. The third-order valence-corrected chi connectivity index (χ3v) is 15.4. The zero-order valence-corrected chi connectivity index (χ0v) is 45.8. The molecule has 78 heavy (non-hydrogen) atoms. The number of nitrogens with one attached hydrogen (secondary N) is 1. The van der Waals surface area contributed by atoms with Gasteiger partial charge in [-0.2, -0.15) is 0 Å². The van der Waals surface area contributed by atoms with Gasteiger partial charge in [-0.3, -0.25) is 9.59 Å². The zero-order valence-electron chi connectivity index (χ0n) is 45.8. The highest BCUT2D eigenvalue weighted by Crippen LogP contribution is 2.43. The summed E-state index contributed by atoms with van der Waals surface area (Å²) in [6.07, 6.45) is 8.04. The van der Waals surface area contributed by atoms with Gasteiger partial charge < -0.3 is 44.7 Å². The molecule has 1 aliphatic carbocycles. The second-order valence-corrected chi connectivity index (χ2v) is 21.5. The van der Waals surface area contributed by atoms with Gasteiger partial charge >= 0.3 is 0 Å². The zero-order chi connectivity index (χ0) is 56.1. The molecule has 2 atom stereocenters. The molecule has 1 saturated carbocycles. The summed E-state index contributed by atoms with van der Waals surface area (Å²) in [6, 6.07) is 30.3. The third-order valence-electron chi connectivity index (χ3n) is 15.4. The van der Waals surface area contributed by atoms with Crippen molar-refractivity contribution in [3.63, 3.8) is 0 Å². The van der Waals surface area contributed by atoms with E-state index in [4.69, 9.17) is 39.1 Å². The first kappa shape index (κ1) is 59.0. The van der Waals surface area contributed by atoms with Crippen molar-refractivity contribution in [2.24, 2.45) is 0 Å². The van der Waals surface area contributed by atoms with Crippen molar-refractivity contribution in [2.45, 2.75) is 120 Å². The predicted octanol–water partition coefficient (Wildman–Crippen LogP) is 11.1. The Morgan fingerprint density at radius 3 is 1.35 bits per heavy atom. The number of hydrogen-bond donors (Lipinski definition) is 5. The Kier molecular flexibility index (Phi) is 20.0. The average molecular weight is 1070 g/mol. The van der Waals surface area contributed by atoms with Crippen LogP contribution in [0.3, 0.4) is 0 Å². The summed E-state index contributed by atoms with van der Waals surface area (Å²) >= 11 is 0. The summed E-state index contributed by atoms with van der Waals surface area (Å²) in [5.41, 5.74) is 4.08. The van der Waals surface area contributed by atoms with Gasteiger partial charge in [-0.15, -0.1) is 0 Å². The summed E-state index contributed by atoms with van der Waals surface area (Å²) in [6.45, 7) is 9.64. The fourth-order valence-electron chi connectivity index (χ4n) is 10.2. The van der Waals surface area contributed by atoms with Crippen molar-refractivity contribution in [1.29, 1.82) is 0 Å². The Morgan fingerprint density at radius 1 is 0.564 bits per heavy atom. The van der Waals surface area contributed by atoms with Gasteiger partial charge in [0.1, 0.15) is 36.1 Å². The van der Waals surface area contributed by atoms with E-state index < -0.39 is 11.2 Å². The van der Waals surface area contributed by atoms with Crippen LogP contribution in [0.25, 0.3) is 22.5 Å². The van der Waals surface area contributed by atoms with Gasteiger partial charge in [0.15, 0.2) is 34.6 Å². The molecule has 2 unspecified atom stereocenters. The summed E-state index contributed by atoms with van der Waals surface area (Å²) in [5, 5.41) is 44.6. The number of carbonyl (C=O) groups is 2. The van der Waals surface area contributed by atoms with E-state index in [2.05, 4.69) is 25.2 Å². The number of aromatic nitrogens is 2.